The summed E-state index contributed by atoms with van der Waals surface area (Å²) in [5.41, 5.74) is 0.934. The van der Waals surface area contributed by atoms with Gasteiger partial charge in [0.25, 0.3) is 0 Å². The third kappa shape index (κ3) is 2.17. The van der Waals surface area contributed by atoms with E-state index in [2.05, 4.69) is 10.6 Å². The average Bonchev–Trinajstić information content (AvgIpc) is 2.29. The van der Waals surface area contributed by atoms with Gasteiger partial charge in [-0.2, -0.15) is 0 Å². The molecule has 0 radical (unpaired) electrons. The zero-order valence-electron chi connectivity index (χ0n) is 9.49. The van der Waals surface area contributed by atoms with Crippen LogP contribution >= 0.6 is 0 Å². The Morgan fingerprint density at radius 2 is 2.25 bits per heavy atom. The Labute approximate surface area is 95.0 Å². The molecule has 2 rings (SSSR count). The number of methoxy groups -OCH3 is 1. The highest BCUT2D eigenvalue weighted by Gasteiger charge is 2.26. The smallest absolute Gasteiger partial charge is 0.241 e. The zero-order valence-corrected chi connectivity index (χ0v) is 9.49. The van der Waals surface area contributed by atoms with Gasteiger partial charge in [-0.3, -0.25) is 4.79 Å². The van der Waals surface area contributed by atoms with E-state index in [-0.39, 0.29) is 18.0 Å². The van der Waals surface area contributed by atoms with E-state index in [0.29, 0.717) is 0 Å². The van der Waals surface area contributed by atoms with Crippen LogP contribution in [0.4, 0.5) is 0 Å². The number of ether oxygens (including phenoxy) is 1. The number of hydrogen-bond acceptors (Lipinski definition) is 3. The summed E-state index contributed by atoms with van der Waals surface area (Å²) in [5.74, 6) is 0.790. The van der Waals surface area contributed by atoms with Gasteiger partial charge < -0.3 is 15.4 Å². The normalized spacial score (nSPS) is 25.0. The number of benzene rings is 1. The molecule has 0 saturated carbocycles. The molecule has 0 aromatic heterocycles. The summed E-state index contributed by atoms with van der Waals surface area (Å²) < 4.78 is 5.14. The lowest BCUT2D eigenvalue weighted by Gasteiger charge is -2.28. The van der Waals surface area contributed by atoms with Crippen molar-refractivity contribution in [3.05, 3.63) is 29.8 Å². The third-order valence-electron chi connectivity index (χ3n) is 2.71. The van der Waals surface area contributed by atoms with Crippen LogP contribution in [0.1, 0.15) is 18.5 Å². The molecule has 2 atom stereocenters. The molecule has 0 unspecified atom stereocenters. The molecule has 0 spiro atoms. The van der Waals surface area contributed by atoms with E-state index in [0.717, 1.165) is 17.9 Å². The molecule has 1 aliphatic rings. The Morgan fingerprint density at radius 1 is 1.44 bits per heavy atom. The lowest BCUT2D eigenvalue weighted by molar-refractivity contribution is -0.125. The fraction of sp³-hybridized carbons (Fsp3) is 0.417. The van der Waals surface area contributed by atoms with Crippen LogP contribution in [0.3, 0.4) is 0 Å². The summed E-state index contributed by atoms with van der Waals surface area (Å²) in [5, 5.41) is 6.14. The molecule has 0 bridgehead atoms. The zero-order chi connectivity index (χ0) is 11.5. The van der Waals surface area contributed by atoms with Gasteiger partial charge in [0.2, 0.25) is 5.91 Å². The summed E-state index contributed by atoms with van der Waals surface area (Å²) in [6.45, 7) is 2.76. The third-order valence-corrected chi connectivity index (χ3v) is 2.71. The van der Waals surface area contributed by atoms with E-state index in [4.69, 9.17) is 4.74 Å². The van der Waals surface area contributed by atoms with Crippen LogP contribution in [0.2, 0.25) is 0 Å². The first kappa shape index (κ1) is 11.0. The summed E-state index contributed by atoms with van der Waals surface area (Å²) in [6.07, 6.45) is 0. The molecule has 16 heavy (non-hydrogen) atoms. The van der Waals surface area contributed by atoms with Gasteiger partial charge in [-0.25, -0.2) is 0 Å². The van der Waals surface area contributed by atoms with Gasteiger partial charge in [-0.05, 0) is 24.6 Å². The maximum atomic E-state index is 11.8. The lowest BCUT2D eigenvalue weighted by Crippen LogP contribution is -2.52. The number of carbonyl (C=O) groups is 1. The van der Waals surface area contributed by atoms with E-state index in [1.807, 2.05) is 31.2 Å². The molecule has 1 aliphatic heterocycles. The molecule has 1 aromatic rings. The molecule has 1 fully saturated rings. The molecule has 1 saturated heterocycles. The maximum absolute atomic E-state index is 11.8. The molecular weight excluding hydrogens is 204 g/mol. The number of rotatable bonds is 2. The van der Waals surface area contributed by atoms with Crippen molar-refractivity contribution in [3.8, 4) is 5.75 Å². The molecule has 4 heteroatoms. The first-order valence-corrected chi connectivity index (χ1v) is 5.38. The highest BCUT2D eigenvalue weighted by Crippen LogP contribution is 2.20. The lowest BCUT2D eigenvalue weighted by atomic mass is 10.0. The van der Waals surface area contributed by atoms with Gasteiger partial charge in [0.15, 0.2) is 0 Å². The number of hydrogen-bond donors (Lipinski definition) is 2. The van der Waals surface area contributed by atoms with Crippen molar-refractivity contribution in [3.63, 3.8) is 0 Å². The summed E-state index contributed by atoms with van der Waals surface area (Å²) in [6, 6.07) is 7.48. The van der Waals surface area contributed by atoms with Crippen LogP contribution in [0.15, 0.2) is 24.3 Å². The minimum Gasteiger partial charge on any atom is -0.497 e. The number of piperazine rings is 1. The first-order chi connectivity index (χ1) is 7.70. The van der Waals surface area contributed by atoms with Crippen LogP contribution in [0.5, 0.6) is 5.75 Å². The Balaban J connectivity index is 2.20. The molecule has 86 valence electrons. The van der Waals surface area contributed by atoms with Crippen molar-refractivity contribution in [1.82, 2.24) is 10.6 Å². The number of amides is 1. The highest BCUT2D eigenvalue weighted by atomic mass is 16.5. The highest BCUT2D eigenvalue weighted by molar-refractivity contribution is 5.84. The largest absolute Gasteiger partial charge is 0.497 e. The van der Waals surface area contributed by atoms with Gasteiger partial charge in [0.1, 0.15) is 11.8 Å². The van der Waals surface area contributed by atoms with Crippen LogP contribution in [-0.4, -0.2) is 25.6 Å². The van der Waals surface area contributed by atoms with Gasteiger partial charge in [0, 0.05) is 12.6 Å². The van der Waals surface area contributed by atoms with Crippen molar-refractivity contribution in [2.45, 2.75) is 19.0 Å². The van der Waals surface area contributed by atoms with Crippen molar-refractivity contribution < 1.29 is 9.53 Å². The van der Waals surface area contributed by atoms with Crippen LogP contribution in [0, 0.1) is 0 Å². The monoisotopic (exact) mass is 220 g/mol. The van der Waals surface area contributed by atoms with E-state index in [9.17, 15) is 4.79 Å². The Bertz CT molecular complexity index is 392. The summed E-state index contributed by atoms with van der Waals surface area (Å²) in [4.78, 5) is 11.8. The van der Waals surface area contributed by atoms with Gasteiger partial charge >= 0.3 is 0 Å². The molecule has 1 heterocycles. The number of carbonyl (C=O) groups excluding carboxylic acids is 1. The minimum absolute atomic E-state index is 0.0204. The van der Waals surface area contributed by atoms with Crippen molar-refractivity contribution >= 4 is 5.91 Å². The van der Waals surface area contributed by atoms with Crippen molar-refractivity contribution in [2.24, 2.45) is 0 Å². The van der Waals surface area contributed by atoms with E-state index in [1.165, 1.54) is 0 Å². The first-order valence-electron chi connectivity index (χ1n) is 5.38. The second-order valence-corrected chi connectivity index (χ2v) is 4.03. The maximum Gasteiger partial charge on any atom is 0.241 e. The molecular formula is C12H16N2O2. The molecule has 1 amide bonds. The number of nitrogens with one attached hydrogen (secondary N) is 2. The standard InChI is InChI=1S/C12H16N2O2/c1-8-7-13-11(12(15)14-8)9-4-3-5-10(6-9)16-2/h3-6,8,11,13H,7H2,1-2H3,(H,14,15)/t8-,11+/m0/s1. The SMILES string of the molecule is COc1cccc([C@H]2NC[C@H](C)NC2=O)c1. The van der Waals surface area contributed by atoms with E-state index in [1.54, 1.807) is 7.11 Å². The summed E-state index contributed by atoms with van der Waals surface area (Å²) >= 11 is 0. The molecule has 2 N–H and O–H groups in total. The Kier molecular flexibility index (Phi) is 3.10. The molecule has 0 aliphatic carbocycles. The topological polar surface area (TPSA) is 50.4 Å². The van der Waals surface area contributed by atoms with Crippen LogP contribution in [0.25, 0.3) is 0 Å². The summed E-state index contributed by atoms with van der Waals surface area (Å²) in [7, 11) is 1.62. The fourth-order valence-electron chi connectivity index (χ4n) is 1.85. The predicted octanol–water partition coefficient (Wildman–Crippen LogP) is 0.844. The second-order valence-electron chi connectivity index (χ2n) is 4.03. The van der Waals surface area contributed by atoms with Gasteiger partial charge in [0.05, 0.1) is 7.11 Å². The van der Waals surface area contributed by atoms with Crippen molar-refractivity contribution in [2.75, 3.05) is 13.7 Å². The molecule has 1 aromatic carbocycles. The van der Waals surface area contributed by atoms with Crippen LogP contribution < -0.4 is 15.4 Å². The average molecular weight is 220 g/mol. The fourth-order valence-corrected chi connectivity index (χ4v) is 1.85. The minimum atomic E-state index is -0.272. The quantitative estimate of drug-likeness (QED) is 0.776. The van der Waals surface area contributed by atoms with Gasteiger partial charge in [-0.1, -0.05) is 12.1 Å². The second kappa shape index (κ2) is 4.53. The van der Waals surface area contributed by atoms with E-state index >= 15 is 0 Å². The van der Waals surface area contributed by atoms with Crippen molar-refractivity contribution in [1.29, 1.82) is 0 Å². The Morgan fingerprint density at radius 3 is 2.94 bits per heavy atom. The van der Waals surface area contributed by atoms with Gasteiger partial charge in [-0.15, -0.1) is 0 Å². The molecule has 4 nitrogen and oxygen atoms in total. The van der Waals surface area contributed by atoms with Crippen LogP contribution in [-0.2, 0) is 4.79 Å². The Hall–Kier alpha value is -1.55. The van der Waals surface area contributed by atoms with E-state index < -0.39 is 0 Å². The predicted molar refractivity (Wildman–Crippen MR) is 61.3 cm³/mol.